The summed E-state index contributed by atoms with van der Waals surface area (Å²) in [6.07, 6.45) is 6.15. The van der Waals surface area contributed by atoms with Crippen molar-refractivity contribution in [1.29, 1.82) is 0 Å². The van der Waals surface area contributed by atoms with Crippen molar-refractivity contribution in [2.75, 3.05) is 0 Å². The minimum atomic E-state index is -0.715. The predicted molar refractivity (Wildman–Crippen MR) is 50.1 cm³/mol. The van der Waals surface area contributed by atoms with Crippen LogP contribution in [0.25, 0.3) is 0 Å². The Morgan fingerprint density at radius 3 is 2.50 bits per heavy atom. The molecule has 70 valence electrons. The van der Waals surface area contributed by atoms with Gasteiger partial charge in [0.25, 0.3) is 0 Å². The highest BCUT2D eigenvalue weighted by Gasteiger charge is 2.14. The van der Waals surface area contributed by atoms with Crippen LogP contribution >= 0.6 is 0 Å². The molecule has 0 atom stereocenters. The lowest BCUT2D eigenvalue weighted by atomic mass is 9.87. The van der Waals surface area contributed by atoms with Gasteiger partial charge in [-0.05, 0) is 18.3 Å². The molecule has 0 rings (SSSR count). The van der Waals surface area contributed by atoms with Crippen molar-refractivity contribution >= 4 is 5.97 Å². The number of aliphatic carboxylic acids is 1. The van der Waals surface area contributed by atoms with Gasteiger partial charge in [0, 0.05) is 6.42 Å². The van der Waals surface area contributed by atoms with Crippen molar-refractivity contribution in [3.05, 3.63) is 12.2 Å². The summed E-state index contributed by atoms with van der Waals surface area (Å²) in [4.78, 5) is 10.3. The van der Waals surface area contributed by atoms with E-state index in [1.54, 1.807) is 0 Å². The van der Waals surface area contributed by atoms with Gasteiger partial charge in [0.1, 0.15) is 0 Å². The van der Waals surface area contributed by atoms with Crippen molar-refractivity contribution < 1.29 is 9.90 Å². The monoisotopic (exact) mass is 170 g/mol. The zero-order valence-corrected chi connectivity index (χ0v) is 8.13. The fourth-order valence-electron chi connectivity index (χ4n) is 0.949. The second-order valence-corrected chi connectivity index (χ2v) is 3.69. The molecule has 1 N–H and O–H groups in total. The van der Waals surface area contributed by atoms with E-state index in [1.807, 2.05) is 0 Å². The average Bonchev–Trinajstić information content (AvgIpc) is 1.98. The lowest BCUT2D eigenvalue weighted by Crippen LogP contribution is -2.10. The fourth-order valence-corrected chi connectivity index (χ4v) is 0.949. The largest absolute Gasteiger partial charge is 0.481 e. The topological polar surface area (TPSA) is 37.3 Å². The molecule has 12 heavy (non-hydrogen) atoms. The van der Waals surface area contributed by atoms with Crippen LogP contribution in [0.2, 0.25) is 0 Å². The van der Waals surface area contributed by atoms with Crippen LogP contribution in [0.15, 0.2) is 12.2 Å². The maximum Gasteiger partial charge on any atom is 0.303 e. The van der Waals surface area contributed by atoms with Gasteiger partial charge in [-0.1, -0.05) is 32.9 Å². The van der Waals surface area contributed by atoms with E-state index in [9.17, 15) is 4.79 Å². The third-order valence-electron chi connectivity index (χ3n) is 1.79. The fraction of sp³-hybridized carbons (Fsp3) is 0.700. The molecule has 0 saturated heterocycles. The van der Waals surface area contributed by atoms with Crippen molar-refractivity contribution in [2.45, 2.75) is 40.0 Å². The first-order chi connectivity index (χ1) is 5.48. The van der Waals surface area contributed by atoms with Crippen LogP contribution in [0.5, 0.6) is 0 Å². The Morgan fingerprint density at radius 1 is 1.50 bits per heavy atom. The van der Waals surface area contributed by atoms with Gasteiger partial charge in [-0.25, -0.2) is 0 Å². The Balaban J connectivity index is 3.86. The van der Waals surface area contributed by atoms with Gasteiger partial charge in [-0.15, -0.1) is 0 Å². The molecule has 2 heteroatoms. The van der Waals surface area contributed by atoms with E-state index in [1.165, 1.54) is 0 Å². The molecule has 0 unspecified atom stereocenters. The number of carboxylic acids is 1. The summed E-state index contributed by atoms with van der Waals surface area (Å²) in [5.74, 6) is -0.715. The molecule has 0 aromatic carbocycles. The van der Waals surface area contributed by atoms with Crippen LogP contribution in [0.1, 0.15) is 40.0 Å². The number of allylic oxidation sites excluding steroid dienone is 2. The van der Waals surface area contributed by atoms with Gasteiger partial charge in [-0.3, -0.25) is 4.79 Å². The normalized spacial score (nSPS) is 12.2. The van der Waals surface area contributed by atoms with Crippen LogP contribution in [-0.4, -0.2) is 11.1 Å². The summed E-state index contributed by atoms with van der Waals surface area (Å²) in [5, 5.41) is 8.48. The van der Waals surface area contributed by atoms with Gasteiger partial charge in [0.2, 0.25) is 0 Å². The Labute approximate surface area is 74.3 Å². The van der Waals surface area contributed by atoms with Crippen molar-refractivity contribution in [1.82, 2.24) is 0 Å². The standard InChI is InChI=1S/C10H18O2/c1-4-5-7-10(2,3)8-6-9(11)12/h5,7H,4,6,8H2,1-3H3,(H,11,12). The highest BCUT2D eigenvalue weighted by molar-refractivity contribution is 5.66. The molecule has 0 aliphatic carbocycles. The molecule has 0 fully saturated rings. The Kier molecular flexibility index (Phi) is 4.64. The molecule has 0 aliphatic heterocycles. The molecule has 2 nitrogen and oxygen atoms in total. The molecule has 0 radical (unpaired) electrons. The van der Waals surface area contributed by atoms with Crippen LogP contribution in [0.4, 0.5) is 0 Å². The van der Waals surface area contributed by atoms with Crippen molar-refractivity contribution in [3.63, 3.8) is 0 Å². The second kappa shape index (κ2) is 4.96. The van der Waals surface area contributed by atoms with E-state index < -0.39 is 5.97 Å². The molecular weight excluding hydrogens is 152 g/mol. The average molecular weight is 170 g/mol. The van der Waals surface area contributed by atoms with E-state index in [2.05, 4.69) is 32.9 Å². The van der Waals surface area contributed by atoms with Gasteiger partial charge in [0.15, 0.2) is 0 Å². The highest BCUT2D eigenvalue weighted by Crippen LogP contribution is 2.23. The molecule has 0 spiro atoms. The van der Waals surface area contributed by atoms with Crippen LogP contribution in [-0.2, 0) is 4.79 Å². The number of hydrogen-bond acceptors (Lipinski definition) is 1. The molecule has 0 aromatic heterocycles. The molecular formula is C10H18O2. The first-order valence-electron chi connectivity index (χ1n) is 4.37. The number of rotatable bonds is 5. The lowest BCUT2D eigenvalue weighted by molar-refractivity contribution is -0.137. The van der Waals surface area contributed by atoms with E-state index in [0.29, 0.717) is 6.42 Å². The third kappa shape index (κ3) is 5.96. The zero-order chi connectivity index (χ0) is 9.61. The Hall–Kier alpha value is -0.790. The SMILES string of the molecule is CCC=CC(C)(C)CCC(=O)O. The van der Waals surface area contributed by atoms with Crippen molar-refractivity contribution in [2.24, 2.45) is 5.41 Å². The molecule has 0 bridgehead atoms. The molecule has 0 amide bonds. The number of carbonyl (C=O) groups is 1. The Bertz CT molecular complexity index is 169. The maximum absolute atomic E-state index is 10.3. The summed E-state index contributed by atoms with van der Waals surface area (Å²) in [6.45, 7) is 6.19. The van der Waals surface area contributed by atoms with E-state index in [-0.39, 0.29) is 11.8 Å². The summed E-state index contributed by atoms with van der Waals surface area (Å²) < 4.78 is 0. The first kappa shape index (κ1) is 11.2. The number of carboxylic acid groups (broad SMARTS) is 1. The second-order valence-electron chi connectivity index (χ2n) is 3.69. The summed E-state index contributed by atoms with van der Waals surface area (Å²) in [5.41, 5.74) is 0.0222. The molecule has 0 aliphatic rings. The zero-order valence-electron chi connectivity index (χ0n) is 8.13. The van der Waals surface area contributed by atoms with Crippen molar-refractivity contribution in [3.8, 4) is 0 Å². The predicted octanol–water partition coefficient (Wildman–Crippen LogP) is 2.84. The van der Waals surface area contributed by atoms with E-state index in [4.69, 9.17) is 5.11 Å². The quantitative estimate of drug-likeness (QED) is 0.644. The summed E-state index contributed by atoms with van der Waals surface area (Å²) in [6, 6.07) is 0. The van der Waals surface area contributed by atoms with Gasteiger partial charge in [0.05, 0.1) is 0 Å². The highest BCUT2D eigenvalue weighted by atomic mass is 16.4. The smallest absolute Gasteiger partial charge is 0.303 e. The summed E-state index contributed by atoms with van der Waals surface area (Å²) in [7, 11) is 0. The maximum atomic E-state index is 10.3. The van der Waals surface area contributed by atoms with Crippen LogP contribution < -0.4 is 0 Å². The number of hydrogen-bond donors (Lipinski definition) is 1. The third-order valence-corrected chi connectivity index (χ3v) is 1.79. The molecule has 0 saturated carbocycles. The lowest BCUT2D eigenvalue weighted by Gasteiger charge is -2.18. The minimum Gasteiger partial charge on any atom is -0.481 e. The van der Waals surface area contributed by atoms with Gasteiger partial charge < -0.3 is 5.11 Å². The first-order valence-corrected chi connectivity index (χ1v) is 4.37. The van der Waals surface area contributed by atoms with E-state index >= 15 is 0 Å². The molecule has 0 aromatic rings. The van der Waals surface area contributed by atoms with E-state index in [0.717, 1.165) is 6.42 Å². The minimum absolute atomic E-state index is 0.0222. The van der Waals surface area contributed by atoms with Gasteiger partial charge >= 0.3 is 5.97 Å². The van der Waals surface area contributed by atoms with Gasteiger partial charge in [-0.2, -0.15) is 0 Å². The van der Waals surface area contributed by atoms with Crippen LogP contribution in [0, 0.1) is 5.41 Å². The Morgan fingerprint density at radius 2 is 2.08 bits per heavy atom. The van der Waals surface area contributed by atoms with Crippen LogP contribution in [0.3, 0.4) is 0 Å². The summed E-state index contributed by atoms with van der Waals surface area (Å²) >= 11 is 0. The molecule has 0 heterocycles.